The molecule has 39 heavy (non-hydrogen) atoms. The van der Waals surface area contributed by atoms with E-state index in [1.807, 2.05) is 61.5 Å². The van der Waals surface area contributed by atoms with Crippen LogP contribution in [0.25, 0.3) is 12.2 Å². The molecule has 4 aromatic rings. The summed E-state index contributed by atoms with van der Waals surface area (Å²) in [5.41, 5.74) is 4.22. The molecular formula is C33H28N2O4. The summed E-state index contributed by atoms with van der Waals surface area (Å²) >= 11 is 0. The molecule has 2 amide bonds. The molecule has 4 aromatic carbocycles. The molecule has 0 fully saturated rings. The number of rotatable bonds is 9. The summed E-state index contributed by atoms with van der Waals surface area (Å²) in [6, 6.07) is 30.2. The van der Waals surface area contributed by atoms with E-state index in [2.05, 4.69) is 10.6 Å². The minimum atomic E-state index is -0.488. The maximum atomic E-state index is 13.2. The Morgan fingerprint density at radius 1 is 0.718 bits per heavy atom. The van der Waals surface area contributed by atoms with E-state index in [1.165, 1.54) is 6.08 Å². The molecule has 0 bridgehead atoms. The zero-order valence-corrected chi connectivity index (χ0v) is 21.7. The number of hydrogen-bond acceptors (Lipinski definition) is 4. The Kier molecular flexibility index (Phi) is 8.83. The fourth-order valence-electron chi connectivity index (χ4n) is 3.67. The number of ketones is 1. The van der Waals surface area contributed by atoms with Gasteiger partial charge in [0.2, 0.25) is 0 Å². The van der Waals surface area contributed by atoms with Crippen LogP contribution >= 0.6 is 0 Å². The quantitative estimate of drug-likeness (QED) is 0.202. The van der Waals surface area contributed by atoms with Gasteiger partial charge in [-0.1, -0.05) is 66.2 Å². The largest absolute Gasteiger partial charge is 0.497 e. The summed E-state index contributed by atoms with van der Waals surface area (Å²) in [6.07, 6.45) is 4.85. The van der Waals surface area contributed by atoms with E-state index in [0.717, 1.165) is 22.4 Å². The van der Waals surface area contributed by atoms with Gasteiger partial charge in [0.15, 0.2) is 5.78 Å². The molecule has 0 heterocycles. The first-order chi connectivity index (χ1) is 18.9. The van der Waals surface area contributed by atoms with Crippen LogP contribution in [0.2, 0.25) is 0 Å². The van der Waals surface area contributed by atoms with Crippen LogP contribution in [0.1, 0.15) is 37.4 Å². The highest BCUT2D eigenvalue weighted by atomic mass is 16.5. The van der Waals surface area contributed by atoms with Gasteiger partial charge in [-0.15, -0.1) is 0 Å². The van der Waals surface area contributed by atoms with Gasteiger partial charge in [-0.2, -0.15) is 0 Å². The first-order valence-electron chi connectivity index (χ1n) is 12.3. The van der Waals surface area contributed by atoms with Crippen molar-refractivity contribution < 1.29 is 19.1 Å². The zero-order valence-electron chi connectivity index (χ0n) is 21.7. The fraction of sp³-hybridized carbons (Fsp3) is 0.0606. The Hall–Kier alpha value is -5.23. The standard InChI is InChI=1S/C33H28N2O4/c1-23-8-10-25(11-9-23)22-30(35-32(37)27-6-4-3-5-7-27)33(38)34-28-17-15-26(16-18-28)31(36)21-14-24-12-19-29(39-2)20-13-24/h3-22H,1-2H3,(H,34,38)(H,35,37)/b21-14+,30-22-. The molecule has 2 N–H and O–H groups in total. The second-order valence-electron chi connectivity index (χ2n) is 8.79. The third-order valence-electron chi connectivity index (χ3n) is 5.89. The third kappa shape index (κ3) is 7.63. The maximum Gasteiger partial charge on any atom is 0.272 e. The number of aryl methyl sites for hydroxylation is 1. The molecule has 0 saturated heterocycles. The van der Waals surface area contributed by atoms with Crippen molar-refractivity contribution in [2.24, 2.45) is 0 Å². The molecular weight excluding hydrogens is 488 g/mol. The number of carbonyl (C=O) groups excluding carboxylic acids is 3. The van der Waals surface area contributed by atoms with Gasteiger partial charge in [-0.25, -0.2) is 0 Å². The number of ether oxygens (including phenoxy) is 1. The van der Waals surface area contributed by atoms with Crippen LogP contribution in [0.15, 0.2) is 115 Å². The Morgan fingerprint density at radius 2 is 1.36 bits per heavy atom. The minimum Gasteiger partial charge on any atom is -0.497 e. The number of allylic oxidation sites excluding steroid dienone is 1. The van der Waals surface area contributed by atoms with E-state index >= 15 is 0 Å². The van der Waals surface area contributed by atoms with Gasteiger partial charge in [-0.3, -0.25) is 14.4 Å². The summed E-state index contributed by atoms with van der Waals surface area (Å²) in [6.45, 7) is 1.97. The average molecular weight is 517 g/mol. The van der Waals surface area contributed by atoms with Crippen molar-refractivity contribution in [2.75, 3.05) is 12.4 Å². The van der Waals surface area contributed by atoms with Crippen LogP contribution in [0.3, 0.4) is 0 Å². The van der Waals surface area contributed by atoms with Gasteiger partial charge in [0.25, 0.3) is 11.8 Å². The maximum absolute atomic E-state index is 13.2. The summed E-state index contributed by atoms with van der Waals surface area (Å²) in [5, 5.41) is 5.53. The Balaban J connectivity index is 1.47. The van der Waals surface area contributed by atoms with Crippen LogP contribution < -0.4 is 15.4 Å². The van der Waals surface area contributed by atoms with Crippen molar-refractivity contribution in [2.45, 2.75) is 6.92 Å². The molecule has 0 aliphatic heterocycles. The lowest BCUT2D eigenvalue weighted by Crippen LogP contribution is -2.30. The highest BCUT2D eigenvalue weighted by Crippen LogP contribution is 2.16. The molecule has 6 nitrogen and oxygen atoms in total. The third-order valence-corrected chi connectivity index (χ3v) is 5.89. The van der Waals surface area contributed by atoms with Gasteiger partial charge in [0.1, 0.15) is 11.4 Å². The van der Waals surface area contributed by atoms with E-state index < -0.39 is 11.8 Å². The molecule has 4 rings (SSSR count). The molecule has 0 atom stereocenters. The predicted molar refractivity (Wildman–Crippen MR) is 154 cm³/mol. The molecule has 0 saturated carbocycles. The highest BCUT2D eigenvalue weighted by Gasteiger charge is 2.15. The average Bonchev–Trinajstić information content (AvgIpc) is 2.97. The van der Waals surface area contributed by atoms with Crippen molar-refractivity contribution in [1.29, 1.82) is 0 Å². The van der Waals surface area contributed by atoms with Crippen molar-refractivity contribution in [1.82, 2.24) is 5.32 Å². The first-order valence-corrected chi connectivity index (χ1v) is 12.3. The Morgan fingerprint density at radius 3 is 2.00 bits per heavy atom. The second-order valence-corrected chi connectivity index (χ2v) is 8.79. The lowest BCUT2D eigenvalue weighted by atomic mass is 10.1. The van der Waals surface area contributed by atoms with Crippen LogP contribution in [0, 0.1) is 6.92 Å². The van der Waals surface area contributed by atoms with Crippen LogP contribution in [-0.4, -0.2) is 24.7 Å². The van der Waals surface area contributed by atoms with E-state index in [0.29, 0.717) is 16.8 Å². The van der Waals surface area contributed by atoms with Gasteiger partial charge in [-0.05, 0) is 78.7 Å². The number of hydrogen-bond donors (Lipinski definition) is 2. The molecule has 0 aliphatic rings. The molecule has 194 valence electrons. The van der Waals surface area contributed by atoms with E-state index in [4.69, 9.17) is 4.74 Å². The SMILES string of the molecule is COc1ccc(/C=C/C(=O)c2ccc(NC(=O)/C(=C/c3ccc(C)cc3)NC(=O)c3ccccc3)cc2)cc1. The summed E-state index contributed by atoms with van der Waals surface area (Å²) in [7, 11) is 1.60. The number of amides is 2. The Labute approximate surface area is 227 Å². The summed E-state index contributed by atoms with van der Waals surface area (Å²) < 4.78 is 5.15. The number of benzene rings is 4. The summed E-state index contributed by atoms with van der Waals surface area (Å²) in [4.78, 5) is 38.6. The number of anilines is 1. The molecule has 0 aromatic heterocycles. The van der Waals surface area contributed by atoms with E-state index in [1.54, 1.807) is 67.8 Å². The molecule has 0 aliphatic carbocycles. The smallest absolute Gasteiger partial charge is 0.272 e. The van der Waals surface area contributed by atoms with Gasteiger partial charge in [0.05, 0.1) is 7.11 Å². The van der Waals surface area contributed by atoms with Crippen molar-refractivity contribution in [3.05, 3.63) is 143 Å². The van der Waals surface area contributed by atoms with Crippen molar-refractivity contribution in [3.8, 4) is 5.75 Å². The van der Waals surface area contributed by atoms with E-state index in [9.17, 15) is 14.4 Å². The van der Waals surface area contributed by atoms with Crippen molar-refractivity contribution >= 4 is 35.4 Å². The lowest BCUT2D eigenvalue weighted by Gasteiger charge is -2.12. The van der Waals surface area contributed by atoms with Crippen LogP contribution in [0.5, 0.6) is 5.75 Å². The van der Waals surface area contributed by atoms with Gasteiger partial charge < -0.3 is 15.4 Å². The normalized spacial score (nSPS) is 11.2. The number of carbonyl (C=O) groups is 3. The van der Waals surface area contributed by atoms with E-state index in [-0.39, 0.29) is 11.5 Å². The van der Waals surface area contributed by atoms with Crippen LogP contribution in [-0.2, 0) is 4.79 Å². The molecule has 0 spiro atoms. The molecule has 0 radical (unpaired) electrons. The lowest BCUT2D eigenvalue weighted by molar-refractivity contribution is -0.113. The summed E-state index contributed by atoms with van der Waals surface area (Å²) in [5.74, 6) is -0.307. The highest BCUT2D eigenvalue weighted by molar-refractivity contribution is 6.11. The van der Waals surface area contributed by atoms with Crippen molar-refractivity contribution in [3.63, 3.8) is 0 Å². The first kappa shape index (κ1) is 26.8. The monoisotopic (exact) mass is 516 g/mol. The number of nitrogens with one attached hydrogen (secondary N) is 2. The molecule has 6 heteroatoms. The van der Waals surface area contributed by atoms with Gasteiger partial charge in [0, 0.05) is 16.8 Å². The fourth-order valence-corrected chi connectivity index (χ4v) is 3.67. The van der Waals surface area contributed by atoms with Crippen LogP contribution in [0.4, 0.5) is 5.69 Å². The molecule has 0 unspecified atom stereocenters. The predicted octanol–water partition coefficient (Wildman–Crippen LogP) is 6.31. The zero-order chi connectivity index (χ0) is 27.6. The Bertz CT molecular complexity index is 1500. The minimum absolute atomic E-state index is 0.0929. The topological polar surface area (TPSA) is 84.5 Å². The second kappa shape index (κ2) is 12.8. The number of methoxy groups -OCH3 is 1. The van der Waals surface area contributed by atoms with Gasteiger partial charge >= 0.3 is 0 Å².